The average Bonchev–Trinajstić information content (AvgIpc) is 3.37. The van der Waals surface area contributed by atoms with Crippen molar-refractivity contribution in [1.82, 2.24) is 9.58 Å². The SMILES string of the molecule is CCc1ccccc1-n1c(C)cc(/C=C2/C(=N)N3N=C(c4ccccc4Cl)SC3=NC2=O)c1C. The topological polar surface area (TPSA) is 73.8 Å². The van der Waals surface area contributed by atoms with E-state index in [9.17, 15) is 4.79 Å². The lowest BCUT2D eigenvalue weighted by Gasteiger charge is -2.20. The van der Waals surface area contributed by atoms with Gasteiger partial charge in [0.05, 0.1) is 10.6 Å². The van der Waals surface area contributed by atoms with E-state index in [1.165, 1.54) is 22.3 Å². The van der Waals surface area contributed by atoms with Crippen molar-refractivity contribution in [2.75, 3.05) is 0 Å². The van der Waals surface area contributed by atoms with E-state index in [4.69, 9.17) is 17.0 Å². The zero-order valence-corrected chi connectivity index (χ0v) is 20.5. The second-order valence-corrected chi connectivity index (χ2v) is 9.41. The molecular formula is C26H22ClN5OS. The monoisotopic (exact) mass is 487 g/mol. The van der Waals surface area contributed by atoms with Gasteiger partial charge in [0.15, 0.2) is 5.84 Å². The summed E-state index contributed by atoms with van der Waals surface area (Å²) in [5, 5.41) is 16.2. The second kappa shape index (κ2) is 8.74. The van der Waals surface area contributed by atoms with Gasteiger partial charge in [-0.2, -0.15) is 15.1 Å². The molecule has 0 radical (unpaired) electrons. The maximum absolute atomic E-state index is 12.9. The third-order valence-electron chi connectivity index (χ3n) is 5.94. The lowest BCUT2D eigenvalue weighted by Crippen LogP contribution is -2.35. The van der Waals surface area contributed by atoms with E-state index >= 15 is 0 Å². The number of carbonyl (C=O) groups excluding carboxylic acids is 1. The molecule has 8 heteroatoms. The molecule has 0 bridgehead atoms. The Kier molecular flexibility index (Phi) is 5.75. The van der Waals surface area contributed by atoms with Gasteiger partial charge in [0.2, 0.25) is 5.17 Å². The van der Waals surface area contributed by atoms with Crippen LogP contribution in [0.5, 0.6) is 0 Å². The molecule has 1 N–H and O–H groups in total. The first-order valence-electron chi connectivity index (χ1n) is 10.9. The van der Waals surface area contributed by atoms with Crippen molar-refractivity contribution in [2.24, 2.45) is 10.1 Å². The maximum Gasteiger partial charge on any atom is 0.283 e. The van der Waals surface area contributed by atoms with Gasteiger partial charge in [-0.05, 0) is 67.4 Å². The summed E-state index contributed by atoms with van der Waals surface area (Å²) >= 11 is 7.56. The van der Waals surface area contributed by atoms with Gasteiger partial charge in [0, 0.05) is 22.6 Å². The van der Waals surface area contributed by atoms with E-state index in [1.807, 2.05) is 50.2 Å². The van der Waals surface area contributed by atoms with Crippen molar-refractivity contribution >= 4 is 51.4 Å². The van der Waals surface area contributed by atoms with Gasteiger partial charge in [0.1, 0.15) is 5.04 Å². The van der Waals surface area contributed by atoms with Crippen LogP contribution in [0.4, 0.5) is 0 Å². The molecule has 0 fully saturated rings. The summed E-state index contributed by atoms with van der Waals surface area (Å²) in [5.41, 5.74) is 6.25. The Balaban J connectivity index is 1.53. The number of rotatable bonds is 4. The van der Waals surface area contributed by atoms with E-state index < -0.39 is 5.91 Å². The summed E-state index contributed by atoms with van der Waals surface area (Å²) in [5.74, 6) is -0.443. The van der Waals surface area contributed by atoms with Gasteiger partial charge < -0.3 is 4.57 Å². The number of para-hydroxylation sites is 1. The molecular weight excluding hydrogens is 466 g/mol. The molecule has 34 heavy (non-hydrogen) atoms. The molecule has 6 nitrogen and oxygen atoms in total. The highest BCUT2D eigenvalue weighted by atomic mass is 35.5. The summed E-state index contributed by atoms with van der Waals surface area (Å²) in [6.07, 6.45) is 2.66. The third-order valence-corrected chi connectivity index (χ3v) is 7.21. The van der Waals surface area contributed by atoms with Gasteiger partial charge in [-0.15, -0.1) is 0 Å². The van der Waals surface area contributed by atoms with Crippen molar-refractivity contribution in [3.8, 4) is 5.69 Å². The number of halogens is 1. The lowest BCUT2D eigenvalue weighted by molar-refractivity contribution is -0.114. The van der Waals surface area contributed by atoms with Crippen LogP contribution in [0.3, 0.4) is 0 Å². The molecule has 2 aliphatic rings. The Labute approximate surface area is 207 Å². The standard InChI is InChI=1S/C26H22ClN5OS/c1-4-17-9-5-8-12-22(17)31-15(2)13-18(16(31)3)14-20-23(28)32-26(29-24(20)33)34-25(30-32)19-10-6-7-11-21(19)27/h5-14,28H,4H2,1-3H3/b20-14-,28-23?. The molecule has 0 saturated carbocycles. The first kappa shape index (κ1) is 22.4. The summed E-state index contributed by atoms with van der Waals surface area (Å²) < 4.78 is 2.19. The zero-order chi connectivity index (χ0) is 24.0. The van der Waals surface area contributed by atoms with Crippen molar-refractivity contribution in [2.45, 2.75) is 27.2 Å². The van der Waals surface area contributed by atoms with Crippen LogP contribution in [-0.4, -0.2) is 31.5 Å². The molecule has 5 rings (SSSR count). The van der Waals surface area contributed by atoms with Crippen LogP contribution in [0.25, 0.3) is 11.8 Å². The zero-order valence-electron chi connectivity index (χ0n) is 19.0. The number of thioether (sulfide) groups is 1. The Bertz CT molecular complexity index is 1450. The van der Waals surface area contributed by atoms with Crippen LogP contribution in [-0.2, 0) is 11.2 Å². The van der Waals surface area contributed by atoms with E-state index in [1.54, 1.807) is 12.1 Å². The Morgan fingerprint density at radius 2 is 1.85 bits per heavy atom. The van der Waals surface area contributed by atoms with Crippen LogP contribution >= 0.6 is 23.4 Å². The first-order valence-corrected chi connectivity index (χ1v) is 12.1. The van der Waals surface area contributed by atoms with E-state index in [2.05, 4.69) is 33.7 Å². The number of hydrazone groups is 1. The predicted molar refractivity (Wildman–Crippen MR) is 140 cm³/mol. The minimum atomic E-state index is -0.446. The normalized spacial score (nSPS) is 16.7. The smallest absolute Gasteiger partial charge is 0.283 e. The number of hydrogen-bond donors (Lipinski definition) is 1. The fourth-order valence-corrected chi connectivity index (χ4v) is 5.44. The van der Waals surface area contributed by atoms with Gasteiger partial charge in [-0.1, -0.05) is 54.9 Å². The predicted octanol–water partition coefficient (Wildman–Crippen LogP) is 5.98. The summed E-state index contributed by atoms with van der Waals surface area (Å²) in [4.78, 5) is 17.1. The Hall–Kier alpha value is -3.42. The molecule has 2 aromatic carbocycles. The highest BCUT2D eigenvalue weighted by Gasteiger charge is 2.36. The molecule has 0 saturated heterocycles. The molecule has 1 amide bonds. The number of amidine groups is 2. The molecule has 170 valence electrons. The number of nitrogens with zero attached hydrogens (tertiary/aromatic N) is 4. The number of carbonyl (C=O) groups is 1. The number of aromatic nitrogens is 1. The van der Waals surface area contributed by atoms with Crippen LogP contribution < -0.4 is 0 Å². The van der Waals surface area contributed by atoms with Crippen molar-refractivity contribution in [1.29, 1.82) is 5.41 Å². The maximum atomic E-state index is 12.9. The first-order chi connectivity index (χ1) is 16.4. The number of aliphatic imine (C=N–C) groups is 1. The molecule has 3 aromatic rings. The quantitative estimate of drug-likeness (QED) is 0.460. The van der Waals surface area contributed by atoms with E-state index in [-0.39, 0.29) is 11.4 Å². The van der Waals surface area contributed by atoms with Gasteiger partial charge in [0.25, 0.3) is 5.91 Å². The van der Waals surface area contributed by atoms with Gasteiger partial charge in [-0.25, -0.2) is 0 Å². The molecule has 2 aliphatic heterocycles. The summed E-state index contributed by atoms with van der Waals surface area (Å²) in [7, 11) is 0. The number of hydrogen-bond acceptors (Lipinski definition) is 4. The van der Waals surface area contributed by atoms with E-state index in [0.29, 0.717) is 15.2 Å². The molecule has 0 atom stereocenters. The number of amides is 1. The van der Waals surface area contributed by atoms with Crippen molar-refractivity contribution < 1.29 is 4.79 Å². The summed E-state index contributed by atoms with van der Waals surface area (Å²) in [6, 6.07) is 17.7. The van der Waals surface area contributed by atoms with Crippen LogP contribution in [0.1, 0.15) is 35.0 Å². The number of aryl methyl sites for hydroxylation is 2. The minimum absolute atomic E-state index is 0.00307. The van der Waals surface area contributed by atoms with Crippen LogP contribution in [0.15, 0.2) is 70.3 Å². The minimum Gasteiger partial charge on any atom is -0.318 e. The van der Waals surface area contributed by atoms with Gasteiger partial charge >= 0.3 is 0 Å². The molecule has 0 aliphatic carbocycles. The Morgan fingerprint density at radius 3 is 2.62 bits per heavy atom. The highest BCUT2D eigenvalue weighted by molar-refractivity contribution is 8.27. The van der Waals surface area contributed by atoms with Crippen molar-refractivity contribution in [3.63, 3.8) is 0 Å². The average molecular weight is 488 g/mol. The number of fused-ring (bicyclic) bond motifs is 1. The number of nitrogens with one attached hydrogen (secondary N) is 1. The fourth-order valence-electron chi connectivity index (χ4n) is 4.22. The largest absolute Gasteiger partial charge is 0.318 e. The van der Waals surface area contributed by atoms with Crippen molar-refractivity contribution in [3.05, 3.63) is 93.3 Å². The number of benzene rings is 2. The van der Waals surface area contributed by atoms with Crippen LogP contribution in [0.2, 0.25) is 5.02 Å². The molecule has 3 heterocycles. The Morgan fingerprint density at radius 1 is 1.12 bits per heavy atom. The lowest BCUT2D eigenvalue weighted by atomic mass is 10.1. The van der Waals surface area contributed by atoms with Crippen LogP contribution in [0, 0.1) is 19.3 Å². The summed E-state index contributed by atoms with van der Waals surface area (Å²) in [6.45, 7) is 6.21. The van der Waals surface area contributed by atoms with Gasteiger partial charge in [-0.3, -0.25) is 10.2 Å². The third kappa shape index (κ3) is 3.71. The highest BCUT2D eigenvalue weighted by Crippen LogP contribution is 2.33. The second-order valence-electron chi connectivity index (χ2n) is 8.05. The molecule has 1 aromatic heterocycles. The van der Waals surface area contributed by atoms with E-state index in [0.717, 1.165) is 34.6 Å². The molecule has 0 unspecified atom stereocenters. The fraction of sp³-hybridized carbons (Fsp3) is 0.154. The molecule has 0 spiro atoms.